The lowest BCUT2D eigenvalue weighted by Crippen LogP contribution is -2.01. The molecule has 0 aliphatic rings. The van der Waals surface area contributed by atoms with Crippen LogP contribution in [0.15, 0.2) is 174 Å². The molecule has 0 aliphatic carbocycles. The van der Waals surface area contributed by atoms with Crippen LogP contribution in [0.4, 0.5) is 0 Å². The van der Waals surface area contributed by atoms with Crippen molar-refractivity contribution in [2.24, 2.45) is 0 Å². The lowest BCUT2D eigenvalue weighted by molar-refractivity contribution is 0.102. The van der Waals surface area contributed by atoms with Crippen molar-refractivity contribution in [3.63, 3.8) is 0 Å². The molecule has 0 radical (unpaired) electrons. The Morgan fingerprint density at radius 3 is 1.59 bits per heavy atom. The molecule has 8 aromatic carbocycles. The smallest absolute Gasteiger partial charge is 0.293 e. The van der Waals surface area contributed by atoms with Gasteiger partial charge in [0.05, 0.1) is 5.75 Å². The van der Waals surface area contributed by atoms with Crippen LogP contribution in [0.5, 0.6) is 0 Å². The molecule has 9 rings (SSSR count). The molecule has 0 saturated carbocycles. The van der Waals surface area contributed by atoms with Crippen LogP contribution >= 0.6 is 68.3 Å². The number of rotatable bonds is 5. The molecule has 0 saturated heterocycles. The minimum atomic E-state index is -4.67. The summed E-state index contributed by atoms with van der Waals surface area (Å²) in [4.78, 5) is 17.5. The fraction of sp³-hybridized carbons (Fsp3) is 0.0652. The zero-order chi connectivity index (χ0) is 40.1. The van der Waals surface area contributed by atoms with Crippen molar-refractivity contribution in [1.29, 1.82) is 0 Å². The van der Waals surface area contributed by atoms with Gasteiger partial charge in [-0.15, -0.1) is 23.1 Å². The van der Waals surface area contributed by atoms with Crippen molar-refractivity contribution in [3.05, 3.63) is 175 Å². The molecule has 5 nitrogen and oxygen atoms in total. The third-order valence-electron chi connectivity index (χ3n) is 8.72. The molecule has 0 spiro atoms. The highest BCUT2D eigenvalue weighted by Gasteiger charge is 2.14. The van der Waals surface area contributed by atoms with E-state index in [1.54, 1.807) is 11.8 Å². The topological polar surface area (TPSA) is 91.7 Å². The third-order valence-corrected chi connectivity index (χ3v) is 10.8. The summed E-state index contributed by atoms with van der Waals surface area (Å²) in [6.07, 6.45) is 0. The number of ketones is 1. The van der Waals surface area contributed by atoms with Crippen LogP contribution in [0, 0.1) is 0 Å². The predicted molar refractivity (Wildman–Crippen MR) is 259 cm³/mol. The summed E-state index contributed by atoms with van der Waals surface area (Å²) in [6.45, 7) is 0. The molecule has 0 unspecified atom stereocenters. The van der Waals surface area contributed by atoms with E-state index in [1.165, 1.54) is 64.3 Å². The molecule has 1 heterocycles. The van der Waals surface area contributed by atoms with Gasteiger partial charge in [-0.1, -0.05) is 203 Å². The molecular weight excluding hydrogens is 983 g/mol. The van der Waals surface area contributed by atoms with Gasteiger partial charge in [-0.25, -0.2) is 0 Å². The molecule has 0 bridgehead atoms. The molecule has 0 fully saturated rings. The molecular formula is C46H38I2O5S3. The number of Topliss-reactive ketones (excluding diaryl/α,β-unsaturated/α-hetero) is 1. The zero-order valence-electron chi connectivity index (χ0n) is 30.5. The van der Waals surface area contributed by atoms with Crippen molar-refractivity contribution in [2.45, 2.75) is 4.90 Å². The first-order valence-corrected chi connectivity index (χ1v) is 24.8. The average Bonchev–Trinajstić information content (AvgIpc) is 3.71. The largest absolute Gasteiger partial charge is 0.394 e. The fourth-order valence-electron chi connectivity index (χ4n) is 6.50. The molecule has 0 amide bonds. The van der Waals surface area contributed by atoms with Crippen LogP contribution in [-0.2, 0) is 10.4 Å². The summed E-state index contributed by atoms with van der Waals surface area (Å²) in [5.41, 5.74) is 3.40. The number of benzene rings is 8. The first kappa shape index (κ1) is 43.2. The first-order valence-electron chi connectivity index (χ1n) is 17.2. The summed E-state index contributed by atoms with van der Waals surface area (Å²) < 4.78 is 33.0. The fourth-order valence-corrected chi connectivity index (χ4v) is 8.63. The summed E-state index contributed by atoms with van der Waals surface area (Å²) in [7, 11) is -4.67. The number of carbonyl (C=O) groups excluding carboxylic acids is 1. The minimum absolute atomic E-state index is 0.165. The number of alkyl halides is 2. The maximum atomic E-state index is 12.4. The van der Waals surface area contributed by atoms with Crippen molar-refractivity contribution in [1.82, 2.24) is 0 Å². The normalized spacial score (nSPS) is 10.7. The first-order chi connectivity index (χ1) is 27.3. The average molecular weight is 1020 g/mol. The number of hydrogen-bond acceptors (Lipinski definition) is 5. The van der Waals surface area contributed by atoms with Gasteiger partial charge in [0.25, 0.3) is 0 Å². The number of halogens is 2. The van der Waals surface area contributed by atoms with Crippen LogP contribution in [0.1, 0.15) is 10.4 Å². The van der Waals surface area contributed by atoms with Crippen molar-refractivity contribution < 1.29 is 22.3 Å². The van der Waals surface area contributed by atoms with Crippen LogP contribution in [-0.4, -0.2) is 38.9 Å². The minimum Gasteiger partial charge on any atom is -0.293 e. The maximum Gasteiger partial charge on any atom is 0.394 e. The van der Waals surface area contributed by atoms with Gasteiger partial charge < -0.3 is 0 Å². The van der Waals surface area contributed by atoms with Crippen molar-refractivity contribution in [3.8, 4) is 11.1 Å². The van der Waals surface area contributed by atoms with E-state index in [-0.39, 0.29) is 5.78 Å². The Labute approximate surface area is 363 Å². The SMILES string of the molecule is CI.CI.O=C(CSc1cc2ccccc2c2ccccc12)c1ccccc1.O=S(=O)(O)O.c1ccc(-c2csc3c4ccccc4c4ccccc4c23)cc1. The highest BCUT2D eigenvalue weighted by atomic mass is 127. The number of fused-ring (bicyclic) bond motifs is 9. The van der Waals surface area contributed by atoms with Crippen LogP contribution in [0.3, 0.4) is 0 Å². The van der Waals surface area contributed by atoms with E-state index in [0.29, 0.717) is 5.75 Å². The van der Waals surface area contributed by atoms with Crippen LogP contribution in [0.25, 0.3) is 64.3 Å². The van der Waals surface area contributed by atoms with Gasteiger partial charge in [0, 0.05) is 31.5 Å². The molecule has 284 valence electrons. The Hall–Kier alpha value is -3.89. The van der Waals surface area contributed by atoms with E-state index in [1.807, 2.05) is 51.5 Å². The van der Waals surface area contributed by atoms with Crippen LogP contribution in [0.2, 0.25) is 0 Å². The maximum absolute atomic E-state index is 12.4. The molecule has 10 heteroatoms. The van der Waals surface area contributed by atoms with E-state index in [2.05, 4.69) is 184 Å². The third kappa shape index (κ3) is 10.7. The van der Waals surface area contributed by atoms with Gasteiger partial charge in [0.2, 0.25) is 0 Å². The second kappa shape index (κ2) is 21.0. The standard InChI is InChI=1S/C22H16OS.C22H14S.2CH3I.H2O4S/c23-21(16-8-2-1-3-9-16)15-24-22-14-17-10-4-5-11-18(17)19-12-6-7-13-20(19)22;1-2-8-15(9-3-1)20-14-23-22-19-13-7-5-11-17(19)16-10-4-6-12-18(16)21(20)22;2*1-2;1-5(2,3)4/h1-14H,15H2;1-14H;2*1H3;(H2,1,2,3,4). The number of carbonyl (C=O) groups is 1. The van der Waals surface area contributed by atoms with E-state index in [4.69, 9.17) is 17.5 Å². The molecule has 0 atom stereocenters. The van der Waals surface area contributed by atoms with Gasteiger partial charge in [0.15, 0.2) is 5.78 Å². The lowest BCUT2D eigenvalue weighted by atomic mass is 9.95. The van der Waals surface area contributed by atoms with Gasteiger partial charge in [-0.05, 0) is 64.6 Å². The van der Waals surface area contributed by atoms with Crippen molar-refractivity contribution in [2.75, 3.05) is 15.6 Å². The van der Waals surface area contributed by atoms with Gasteiger partial charge >= 0.3 is 10.4 Å². The lowest BCUT2D eigenvalue weighted by Gasteiger charge is -2.10. The quantitative estimate of drug-likeness (QED) is 0.0446. The van der Waals surface area contributed by atoms with E-state index < -0.39 is 10.4 Å². The van der Waals surface area contributed by atoms with Gasteiger partial charge in [-0.2, -0.15) is 8.42 Å². The van der Waals surface area contributed by atoms with Crippen molar-refractivity contribution >= 4 is 138 Å². The summed E-state index contributed by atoms with van der Waals surface area (Å²) >= 11 is 7.77. The predicted octanol–water partition coefficient (Wildman–Crippen LogP) is 14.3. The Morgan fingerprint density at radius 1 is 0.571 bits per heavy atom. The Morgan fingerprint density at radius 2 is 1.00 bits per heavy atom. The van der Waals surface area contributed by atoms with E-state index in [0.717, 1.165) is 10.5 Å². The molecule has 1 aromatic heterocycles. The number of hydrogen-bond donors (Lipinski definition) is 2. The van der Waals surface area contributed by atoms with Crippen LogP contribution < -0.4 is 0 Å². The molecule has 9 aromatic rings. The Bertz CT molecular complexity index is 2800. The second-order valence-corrected chi connectivity index (χ2v) is 14.8. The van der Waals surface area contributed by atoms with Gasteiger partial charge in [0.1, 0.15) is 0 Å². The number of thioether (sulfide) groups is 1. The van der Waals surface area contributed by atoms with E-state index >= 15 is 0 Å². The highest BCUT2D eigenvalue weighted by Crippen LogP contribution is 2.43. The molecule has 2 N–H and O–H groups in total. The monoisotopic (exact) mass is 1020 g/mol. The second-order valence-electron chi connectivity index (χ2n) is 12.0. The highest BCUT2D eigenvalue weighted by molar-refractivity contribution is 14.1. The summed E-state index contributed by atoms with van der Waals surface area (Å²) in [5.74, 6) is 0.615. The molecule has 0 aliphatic heterocycles. The van der Waals surface area contributed by atoms with E-state index in [9.17, 15) is 4.79 Å². The summed E-state index contributed by atoms with van der Waals surface area (Å²) in [6, 6.07) is 56.7. The summed E-state index contributed by atoms with van der Waals surface area (Å²) in [5, 5.41) is 14.0. The van der Waals surface area contributed by atoms with Gasteiger partial charge in [-0.3, -0.25) is 13.9 Å². The number of thiophene rings is 1. The molecule has 56 heavy (non-hydrogen) atoms. The zero-order valence-corrected chi connectivity index (χ0v) is 37.2. The Kier molecular flexibility index (Phi) is 16.2. The Balaban J connectivity index is 0.000000178.